The molecule has 2 aromatic heterocycles. The molecule has 1 N–H and O–H groups in total. The molecule has 3 heterocycles. The van der Waals surface area contributed by atoms with Crippen molar-refractivity contribution in [3.05, 3.63) is 23.4 Å². The van der Waals surface area contributed by atoms with Gasteiger partial charge in [0.05, 0.1) is 4.88 Å². The van der Waals surface area contributed by atoms with E-state index in [0.29, 0.717) is 30.6 Å². The quantitative estimate of drug-likeness (QED) is 0.757. The van der Waals surface area contributed by atoms with Crippen LogP contribution in [0.1, 0.15) is 38.5 Å². The molecule has 3 rings (SSSR count). The van der Waals surface area contributed by atoms with Gasteiger partial charge in [-0.2, -0.15) is 4.98 Å². The highest BCUT2D eigenvalue weighted by Crippen LogP contribution is 2.21. The number of hydrogen-bond donors (Lipinski definition) is 1. The Hall–Kier alpha value is -1.44. The van der Waals surface area contributed by atoms with Crippen LogP contribution in [0.4, 0.5) is 0 Å². The minimum atomic E-state index is 0. The van der Waals surface area contributed by atoms with E-state index in [0.717, 1.165) is 43.8 Å². The van der Waals surface area contributed by atoms with Crippen LogP contribution in [0.2, 0.25) is 0 Å². The topological polar surface area (TPSA) is 71.3 Å². The lowest BCUT2D eigenvalue weighted by molar-refractivity contribution is -0.133. The minimum absolute atomic E-state index is 0. The van der Waals surface area contributed by atoms with Crippen LogP contribution < -0.4 is 5.32 Å². The lowest BCUT2D eigenvalue weighted by Gasteiger charge is -2.28. The van der Waals surface area contributed by atoms with Gasteiger partial charge in [0.1, 0.15) is 0 Å². The fourth-order valence-corrected chi connectivity index (χ4v) is 3.70. The Kier molecular flexibility index (Phi) is 7.87. The zero-order chi connectivity index (χ0) is 16.8. The SMILES string of the molecule is CCCN(C(=O)CCCc1nc(-c2cccs2)no1)C1CCNC1.Cl. The smallest absolute Gasteiger partial charge is 0.226 e. The van der Waals surface area contributed by atoms with Crippen LogP contribution in [0.15, 0.2) is 22.0 Å². The lowest BCUT2D eigenvalue weighted by atomic mass is 10.1. The van der Waals surface area contributed by atoms with E-state index in [1.165, 1.54) is 0 Å². The Balaban J connectivity index is 0.00000225. The van der Waals surface area contributed by atoms with Gasteiger partial charge in [0.15, 0.2) is 0 Å². The predicted octanol–water partition coefficient (Wildman–Crippen LogP) is 3.14. The Morgan fingerprint density at radius 2 is 2.40 bits per heavy atom. The fourth-order valence-electron chi connectivity index (χ4n) is 3.05. The number of halogens is 1. The molecule has 1 amide bonds. The van der Waals surface area contributed by atoms with Crippen molar-refractivity contribution in [3.63, 3.8) is 0 Å². The number of aromatic nitrogens is 2. The van der Waals surface area contributed by atoms with E-state index < -0.39 is 0 Å². The van der Waals surface area contributed by atoms with Crippen molar-refractivity contribution in [2.24, 2.45) is 0 Å². The first-order valence-electron chi connectivity index (χ1n) is 8.64. The van der Waals surface area contributed by atoms with E-state index >= 15 is 0 Å². The van der Waals surface area contributed by atoms with Crippen molar-refractivity contribution < 1.29 is 9.32 Å². The van der Waals surface area contributed by atoms with E-state index in [4.69, 9.17) is 4.52 Å². The molecule has 6 nitrogen and oxygen atoms in total. The standard InChI is InChI=1S/C17H24N4O2S.ClH/c1-2-10-21(13-8-9-18-12-13)16(22)7-3-6-15-19-17(20-23-15)14-5-4-11-24-14;/h4-5,11,13,18H,2-3,6-10,12H2,1H3;1H. The number of rotatable bonds is 8. The number of carbonyl (C=O) groups excluding carboxylic acids is 1. The first-order valence-corrected chi connectivity index (χ1v) is 9.52. The summed E-state index contributed by atoms with van der Waals surface area (Å²) >= 11 is 1.59. The molecule has 0 aliphatic carbocycles. The molecule has 1 aliphatic heterocycles. The second kappa shape index (κ2) is 9.89. The number of nitrogens with zero attached hydrogens (tertiary/aromatic N) is 3. The molecule has 0 spiro atoms. The summed E-state index contributed by atoms with van der Waals surface area (Å²) in [6, 6.07) is 4.29. The zero-order valence-electron chi connectivity index (χ0n) is 14.4. The molecule has 1 saturated heterocycles. The third-order valence-corrected chi connectivity index (χ3v) is 5.12. The molecule has 0 saturated carbocycles. The van der Waals surface area contributed by atoms with E-state index in [1.807, 2.05) is 22.4 Å². The van der Waals surface area contributed by atoms with Gasteiger partial charge in [0.2, 0.25) is 17.6 Å². The molecule has 8 heteroatoms. The third-order valence-electron chi connectivity index (χ3n) is 4.25. The summed E-state index contributed by atoms with van der Waals surface area (Å²) in [5.41, 5.74) is 0. The van der Waals surface area contributed by atoms with Gasteiger partial charge >= 0.3 is 0 Å². The second-order valence-corrected chi connectivity index (χ2v) is 7.02. The molecule has 25 heavy (non-hydrogen) atoms. The largest absolute Gasteiger partial charge is 0.339 e. The summed E-state index contributed by atoms with van der Waals surface area (Å²) in [7, 11) is 0. The molecule has 1 fully saturated rings. The Morgan fingerprint density at radius 1 is 1.52 bits per heavy atom. The van der Waals surface area contributed by atoms with Crippen LogP contribution in [0.3, 0.4) is 0 Å². The molecule has 1 aliphatic rings. The van der Waals surface area contributed by atoms with Crippen molar-refractivity contribution in [1.29, 1.82) is 0 Å². The van der Waals surface area contributed by atoms with Gasteiger partial charge in [-0.15, -0.1) is 23.7 Å². The number of carbonyl (C=O) groups is 1. The maximum Gasteiger partial charge on any atom is 0.226 e. The summed E-state index contributed by atoms with van der Waals surface area (Å²) in [6.07, 6.45) is 3.97. The van der Waals surface area contributed by atoms with E-state index in [1.54, 1.807) is 11.3 Å². The van der Waals surface area contributed by atoms with E-state index in [-0.39, 0.29) is 18.3 Å². The molecule has 0 radical (unpaired) electrons. The number of thiophene rings is 1. The summed E-state index contributed by atoms with van der Waals surface area (Å²) in [6.45, 7) is 4.88. The van der Waals surface area contributed by atoms with Crippen molar-refractivity contribution in [3.8, 4) is 10.7 Å². The number of hydrogen-bond acceptors (Lipinski definition) is 6. The maximum absolute atomic E-state index is 12.5. The lowest BCUT2D eigenvalue weighted by Crippen LogP contribution is -2.42. The molecular formula is C17H25ClN4O2S. The normalized spacial score (nSPS) is 16.6. The van der Waals surface area contributed by atoms with Crippen LogP contribution in [-0.2, 0) is 11.2 Å². The number of nitrogens with one attached hydrogen (secondary N) is 1. The summed E-state index contributed by atoms with van der Waals surface area (Å²) in [5, 5.41) is 9.33. The van der Waals surface area contributed by atoms with Gasteiger partial charge in [0.25, 0.3) is 0 Å². The average molecular weight is 385 g/mol. The van der Waals surface area contributed by atoms with Gasteiger partial charge in [-0.3, -0.25) is 4.79 Å². The average Bonchev–Trinajstić information content (AvgIpc) is 3.33. The first-order chi connectivity index (χ1) is 11.8. The minimum Gasteiger partial charge on any atom is -0.339 e. The maximum atomic E-state index is 12.5. The van der Waals surface area contributed by atoms with Crippen LogP contribution in [0.5, 0.6) is 0 Å². The summed E-state index contributed by atoms with van der Waals surface area (Å²) < 4.78 is 5.29. The molecule has 0 aromatic carbocycles. The molecule has 1 unspecified atom stereocenters. The van der Waals surface area contributed by atoms with Gasteiger partial charge in [-0.1, -0.05) is 18.1 Å². The highest BCUT2D eigenvalue weighted by atomic mass is 35.5. The van der Waals surface area contributed by atoms with Crippen molar-refractivity contribution in [1.82, 2.24) is 20.4 Å². The predicted molar refractivity (Wildman–Crippen MR) is 101 cm³/mol. The Labute approximate surface area is 158 Å². The monoisotopic (exact) mass is 384 g/mol. The number of aryl methyl sites for hydroxylation is 1. The summed E-state index contributed by atoms with van der Waals surface area (Å²) in [4.78, 5) is 20.0. The fraction of sp³-hybridized carbons (Fsp3) is 0.588. The highest BCUT2D eigenvalue weighted by Gasteiger charge is 2.25. The molecule has 2 aromatic rings. The van der Waals surface area contributed by atoms with Crippen LogP contribution in [-0.4, -0.2) is 46.6 Å². The summed E-state index contributed by atoms with van der Waals surface area (Å²) in [5.74, 6) is 1.48. The highest BCUT2D eigenvalue weighted by molar-refractivity contribution is 7.13. The van der Waals surface area contributed by atoms with Gasteiger partial charge in [-0.05, 0) is 37.3 Å². The van der Waals surface area contributed by atoms with Crippen molar-refractivity contribution >= 4 is 29.7 Å². The Morgan fingerprint density at radius 3 is 3.08 bits per heavy atom. The first kappa shape index (κ1) is 19.9. The molecule has 1 atom stereocenters. The van der Waals surface area contributed by atoms with Gasteiger partial charge in [0, 0.05) is 32.0 Å². The van der Waals surface area contributed by atoms with Gasteiger partial charge in [-0.25, -0.2) is 0 Å². The molecular weight excluding hydrogens is 360 g/mol. The number of amides is 1. The van der Waals surface area contributed by atoms with E-state index in [9.17, 15) is 4.79 Å². The molecule has 0 bridgehead atoms. The third kappa shape index (κ3) is 5.26. The van der Waals surface area contributed by atoms with Gasteiger partial charge < -0.3 is 14.7 Å². The zero-order valence-corrected chi connectivity index (χ0v) is 16.1. The van der Waals surface area contributed by atoms with Crippen LogP contribution >= 0.6 is 23.7 Å². The van der Waals surface area contributed by atoms with Crippen molar-refractivity contribution in [2.75, 3.05) is 19.6 Å². The molecule has 138 valence electrons. The Bertz CT molecular complexity index is 641. The van der Waals surface area contributed by atoms with Crippen LogP contribution in [0, 0.1) is 0 Å². The van der Waals surface area contributed by atoms with Crippen LogP contribution in [0.25, 0.3) is 10.7 Å². The van der Waals surface area contributed by atoms with E-state index in [2.05, 4.69) is 22.4 Å². The second-order valence-electron chi connectivity index (χ2n) is 6.08. The van der Waals surface area contributed by atoms with Crippen molar-refractivity contribution in [2.45, 2.75) is 45.1 Å².